The fourth-order valence-electron chi connectivity index (χ4n) is 1.35. The average Bonchev–Trinajstić information content (AvgIpc) is 2.78. The number of hydrogen-bond acceptors (Lipinski definition) is 3. The summed E-state index contributed by atoms with van der Waals surface area (Å²) in [5.74, 6) is 0. The molecule has 16 heavy (non-hydrogen) atoms. The van der Waals surface area contributed by atoms with E-state index in [1.54, 1.807) is 28.7 Å². The van der Waals surface area contributed by atoms with Crippen molar-refractivity contribution in [1.82, 2.24) is 19.3 Å². The Labute approximate surface area is 101 Å². The largest absolute Gasteiger partial charge is 0.296 e. The quantitative estimate of drug-likeness (QED) is 0.850. The zero-order valence-electron chi connectivity index (χ0n) is 8.80. The van der Waals surface area contributed by atoms with E-state index < -0.39 is 0 Å². The Morgan fingerprint density at radius 1 is 1.44 bits per heavy atom. The van der Waals surface area contributed by atoms with Crippen LogP contribution in [0.2, 0.25) is 0 Å². The maximum absolute atomic E-state index is 11.8. The third-order valence-corrected chi connectivity index (χ3v) is 3.20. The Morgan fingerprint density at radius 2 is 2.25 bits per heavy atom. The molecule has 0 aromatic carbocycles. The SMILES string of the molecule is Cc1ncn(CCn2cccn2)c(=O)c1Br. The third-order valence-electron chi connectivity index (χ3n) is 2.29. The summed E-state index contributed by atoms with van der Waals surface area (Å²) >= 11 is 3.23. The molecule has 2 rings (SSSR count). The second kappa shape index (κ2) is 4.61. The first-order valence-electron chi connectivity index (χ1n) is 4.87. The zero-order chi connectivity index (χ0) is 11.5. The molecule has 2 aromatic heterocycles. The molecule has 0 amide bonds. The van der Waals surface area contributed by atoms with E-state index in [0.29, 0.717) is 23.3 Å². The van der Waals surface area contributed by atoms with Crippen LogP contribution in [-0.4, -0.2) is 19.3 Å². The summed E-state index contributed by atoms with van der Waals surface area (Å²) in [4.78, 5) is 15.9. The van der Waals surface area contributed by atoms with Gasteiger partial charge in [-0.3, -0.25) is 14.0 Å². The number of rotatable bonds is 3. The highest BCUT2D eigenvalue weighted by atomic mass is 79.9. The van der Waals surface area contributed by atoms with Crippen molar-refractivity contribution in [3.05, 3.63) is 45.3 Å². The predicted molar refractivity (Wildman–Crippen MR) is 63.2 cm³/mol. The van der Waals surface area contributed by atoms with Crippen LogP contribution < -0.4 is 5.56 Å². The van der Waals surface area contributed by atoms with Crippen molar-refractivity contribution in [3.63, 3.8) is 0 Å². The van der Waals surface area contributed by atoms with Crippen LogP contribution in [-0.2, 0) is 13.1 Å². The number of aromatic nitrogens is 4. The lowest BCUT2D eigenvalue weighted by Gasteiger charge is -2.06. The van der Waals surface area contributed by atoms with Crippen molar-refractivity contribution in [2.24, 2.45) is 0 Å². The van der Waals surface area contributed by atoms with Gasteiger partial charge in [0.1, 0.15) is 4.47 Å². The van der Waals surface area contributed by atoms with E-state index in [0.717, 1.165) is 0 Å². The highest BCUT2D eigenvalue weighted by molar-refractivity contribution is 9.10. The monoisotopic (exact) mass is 282 g/mol. The van der Waals surface area contributed by atoms with Crippen LogP contribution >= 0.6 is 15.9 Å². The average molecular weight is 283 g/mol. The standard InChI is InChI=1S/C10H11BrN4O/c1-8-9(11)10(16)14(7-12-8)5-6-15-4-2-3-13-15/h2-4,7H,5-6H2,1H3. The van der Waals surface area contributed by atoms with Crippen molar-refractivity contribution < 1.29 is 0 Å². The summed E-state index contributed by atoms with van der Waals surface area (Å²) in [6.07, 6.45) is 5.14. The number of hydrogen-bond donors (Lipinski definition) is 0. The van der Waals surface area contributed by atoms with Gasteiger partial charge in [-0.25, -0.2) is 4.98 Å². The van der Waals surface area contributed by atoms with Crippen LogP contribution in [0.25, 0.3) is 0 Å². The Kier molecular flexibility index (Phi) is 3.19. The second-order valence-electron chi connectivity index (χ2n) is 3.41. The molecule has 0 spiro atoms. The first kappa shape index (κ1) is 11.1. The maximum atomic E-state index is 11.8. The van der Waals surface area contributed by atoms with Gasteiger partial charge >= 0.3 is 0 Å². The normalized spacial score (nSPS) is 10.6. The van der Waals surface area contributed by atoms with Crippen molar-refractivity contribution in [3.8, 4) is 0 Å². The summed E-state index contributed by atoms with van der Waals surface area (Å²) in [6.45, 7) is 3.01. The summed E-state index contributed by atoms with van der Waals surface area (Å²) in [7, 11) is 0. The topological polar surface area (TPSA) is 52.7 Å². The van der Waals surface area contributed by atoms with Gasteiger partial charge in [0.25, 0.3) is 5.56 Å². The molecule has 0 bridgehead atoms. The van der Waals surface area contributed by atoms with Crippen LogP contribution in [0, 0.1) is 6.92 Å². The lowest BCUT2D eigenvalue weighted by molar-refractivity contribution is 0.517. The van der Waals surface area contributed by atoms with E-state index in [1.807, 2.05) is 12.3 Å². The third kappa shape index (κ3) is 2.21. The van der Waals surface area contributed by atoms with E-state index in [2.05, 4.69) is 26.0 Å². The molecule has 0 aliphatic heterocycles. The Hall–Kier alpha value is -1.43. The lowest BCUT2D eigenvalue weighted by Crippen LogP contribution is -2.24. The highest BCUT2D eigenvalue weighted by Gasteiger charge is 2.04. The van der Waals surface area contributed by atoms with Gasteiger partial charge < -0.3 is 0 Å². The van der Waals surface area contributed by atoms with Gasteiger partial charge in [0.2, 0.25) is 0 Å². The molecule has 0 unspecified atom stereocenters. The van der Waals surface area contributed by atoms with E-state index in [-0.39, 0.29) is 5.56 Å². The Balaban J connectivity index is 2.17. The predicted octanol–water partition coefficient (Wildman–Crippen LogP) is 1.21. The molecule has 0 saturated carbocycles. The molecule has 2 aromatic rings. The van der Waals surface area contributed by atoms with Gasteiger partial charge in [0.05, 0.1) is 18.6 Å². The van der Waals surface area contributed by atoms with Gasteiger partial charge in [-0.05, 0) is 28.9 Å². The minimum absolute atomic E-state index is 0.0559. The van der Waals surface area contributed by atoms with E-state index in [4.69, 9.17) is 0 Å². The molecule has 0 saturated heterocycles. The van der Waals surface area contributed by atoms with Crippen molar-refractivity contribution in [2.75, 3.05) is 0 Å². The van der Waals surface area contributed by atoms with Crippen molar-refractivity contribution in [1.29, 1.82) is 0 Å². The summed E-state index contributed by atoms with van der Waals surface area (Å²) in [5.41, 5.74) is 0.653. The molecule has 84 valence electrons. The Bertz CT molecular complexity index is 532. The molecule has 0 aliphatic rings. The maximum Gasteiger partial charge on any atom is 0.267 e. The van der Waals surface area contributed by atoms with Crippen LogP contribution in [0.1, 0.15) is 5.69 Å². The molecule has 0 atom stereocenters. The first-order chi connectivity index (χ1) is 7.68. The summed E-state index contributed by atoms with van der Waals surface area (Å²) < 4.78 is 3.87. The van der Waals surface area contributed by atoms with Crippen LogP contribution in [0.3, 0.4) is 0 Å². The minimum Gasteiger partial charge on any atom is -0.296 e. The number of nitrogens with zero attached hydrogens (tertiary/aromatic N) is 4. The molecular weight excluding hydrogens is 272 g/mol. The fraction of sp³-hybridized carbons (Fsp3) is 0.300. The molecule has 6 heteroatoms. The summed E-state index contributed by atoms with van der Waals surface area (Å²) in [6, 6.07) is 1.85. The van der Waals surface area contributed by atoms with Gasteiger partial charge in [-0.1, -0.05) is 0 Å². The number of halogens is 1. The molecule has 0 fully saturated rings. The van der Waals surface area contributed by atoms with Crippen molar-refractivity contribution >= 4 is 15.9 Å². The van der Waals surface area contributed by atoms with Crippen LogP contribution in [0.15, 0.2) is 34.1 Å². The van der Waals surface area contributed by atoms with E-state index in [1.165, 1.54) is 0 Å². The smallest absolute Gasteiger partial charge is 0.267 e. The zero-order valence-corrected chi connectivity index (χ0v) is 10.4. The fourth-order valence-corrected chi connectivity index (χ4v) is 1.68. The molecule has 0 aliphatic carbocycles. The van der Waals surface area contributed by atoms with Gasteiger partial charge in [0.15, 0.2) is 0 Å². The first-order valence-corrected chi connectivity index (χ1v) is 5.67. The van der Waals surface area contributed by atoms with E-state index in [9.17, 15) is 4.79 Å². The lowest BCUT2D eigenvalue weighted by atomic mass is 10.4. The highest BCUT2D eigenvalue weighted by Crippen LogP contribution is 2.05. The molecular formula is C10H11BrN4O. The van der Waals surface area contributed by atoms with Crippen LogP contribution in [0.4, 0.5) is 0 Å². The molecule has 0 N–H and O–H groups in total. The Morgan fingerprint density at radius 3 is 2.94 bits per heavy atom. The molecule has 0 radical (unpaired) electrons. The van der Waals surface area contributed by atoms with Crippen molar-refractivity contribution in [2.45, 2.75) is 20.0 Å². The second-order valence-corrected chi connectivity index (χ2v) is 4.20. The molecule has 2 heterocycles. The number of aryl methyl sites for hydroxylation is 3. The van der Waals surface area contributed by atoms with Gasteiger partial charge in [-0.2, -0.15) is 5.10 Å². The molecule has 5 nitrogen and oxygen atoms in total. The van der Waals surface area contributed by atoms with Gasteiger partial charge in [0, 0.05) is 18.9 Å². The van der Waals surface area contributed by atoms with Crippen LogP contribution in [0.5, 0.6) is 0 Å². The minimum atomic E-state index is -0.0559. The van der Waals surface area contributed by atoms with E-state index >= 15 is 0 Å². The van der Waals surface area contributed by atoms with Gasteiger partial charge in [-0.15, -0.1) is 0 Å². The summed E-state index contributed by atoms with van der Waals surface area (Å²) in [5, 5.41) is 4.07.